The summed E-state index contributed by atoms with van der Waals surface area (Å²) in [7, 11) is 3.09. The highest BCUT2D eigenvalue weighted by molar-refractivity contribution is 6.06. The molecule has 3 aromatic carbocycles. The fourth-order valence-corrected chi connectivity index (χ4v) is 2.76. The fraction of sp³-hybridized carbons (Fsp3) is 0.0909. The molecule has 2 N–H and O–H groups in total. The van der Waals surface area contributed by atoms with E-state index in [1.165, 1.54) is 7.05 Å². The molecule has 0 atom stereocenters. The van der Waals surface area contributed by atoms with Crippen molar-refractivity contribution in [3.8, 4) is 5.75 Å². The monoisotopic (exact) mass is 360 g/mol. The minimum Gasteiger partial charge on any atom is -0.497 e. The normalized spacial score (nSPS) is 11.1. The Morgan fingerprint density at radius 1 is 0.926 bits per heavy atom. The van der Waals surface area contributed by atoms with E-state index >= 15 is 0 Å². The molecule has 0 spiro atoms. The Bertz CT molecular complexity index is 1000. The molecule has 0 unspecified atom stereocenters. The smallest absolute Gasteiger partial charge is 0.267 e. The van der Waals surface area contributed by atoms with Crippen molar-refractivity contribution in [2.45, 2.75) is 0 Å². The van der Waals surface area contributed by atoms with Gasteiger partial charge in [0.15, 0.2) is 0 Å². The fourth-order valence-electron chi connectivity index (χ4n) is 2.76. The first-order valence-electron chi connectivity index (χ1n) is 8.49. The molecule has 0 saturated heterocycles. The Labute approximate surface area is 157 Å². The molecule has 0 fully saturated rings. The summed E-state index contributed by atoms with van der Waals surface area (Å²) >= 11 is 0. The summed E-state index contributed by atoms with van der Waals surface area (Å²) in [6.07, 6.45) is 1.68. The first kappa shape index (κ1) is 18.2. The maximum absolute atomic E-state index is 12.6. The Hall–Kier alpha value is -3.60. The van der Waals surface area contributed by atoms with Crippen molar-refractivity contribution < 1.29 is 14.3 Å². The number of nitrogens with one attached hydrogen (secondary N) is 2. The second-order valence-electron chi connectivity index (χ2n) is 5.89. The van der Waals surface area contributed by atoms with E-state index in [9.17, 15) is 9.59 Å². The molecular weight excluding hydrogens is 340 g/mol. The van der Waals surface area contributed by atoms with Crippen molar-refractivity contribution in [2.24, 2.45) is 0 Å². The van der Waals surface area contributed by atoms with Gasteiger partial charge in [0, 0.05) is 12.6 Å². The summed E-state index contributed by atoms with van der Waals surface area (Å²) in [6.45, 7) is 0. The maximum Gasteiger partial charge on any atom is 0.267 e. The second kappa shape index (κ2) is 8.19. The molecule has 0 aliphatic heterocycles. The van der Waals surface area contributed by atoms with Crippen LogP contribution in [0.25, 0.3) is 16.8 Å². The lowest BCUT2D eigenvalue weighted by molar-refractivity contribution is -0.117. The van der Waals surface area contributed by atoms with Gasteiger partial charge < -0.3 is 15.4 Å². The highest BCUT2D eigenvalue weighted by Gasteiger charge is 2.14. The molecule has 0 aliphatic carbocycles. The first-order valence-corrected chi connectivity index (χ1v) is 8.49. The van der Waals surface area contributed by atoms with E-state index in [0.717, 1.165) is 16.3 Å². The predicted octanol–water partition coefficient (Wildman–Crippen LogP) is 3.37. The van der Waals surface area contributed by atoms with Crippen LogP contribution in [0.5, 0.6) is 5.75 Å². The van der Waals surface area contributed by atoms with Gasteiger partial charge >= 0.3 is 0 Å². The van der Waals surface area contributed by atoms with Crippen LogP contribution in [0.1, 0.15) is 15.9 Å². The molecule has 0 aromatic heterocycles. The van der Waals surface area contributed by atoms with Gasteiger partial charge in [-0.1, -0.05) is 42.5 Å². The quantitative estimate of drug-likeness (QED) is 0.686. The Morgan fingerprint density at radius 2 is 1.63 bits per heavy atom. The van der Waals surface area contributed by atoms with Crippen LogP contribution >= 0.6 is 0 Å². The molecule has 5 heteroatoms. The number of hydrogen-bond acceptors (Lipinski definition) is 3. The summed E-state index contributed by atoms with van der Waals surface area (Å²) in [6, 6.07) is 20.4. The van der Waals surface area contributed by atoms with E-state index in [-0.39, 0.29) is 17.5 Å². The van der Waals surface area contributed by atoms with E-state index < -0.39 is 0 Å². The number of carbonyl (C=O) groups is 2. The third kappa shape index (κ3) is 4.15. The van der Waals surface area contributed by atoms with Crippen LogP contribution in [-0.4, -0.2) is 26.0 Å². The van der Waals surface area contributed by atoms with Crippen LogP contribution < -0.4 is 15.4 Å². The molecule has 0 saturated carbocycles. The number of benzene rings is 3. The standard InChI is InChI=1S/C22H20N2O3/c1-23-22(26)20(24-21(25)16-10-12-18(27-2)13-11-16)14-17-8-5-7-15-6-3-4-9-19(15)17/h3-14H,1-2H3,(H,23,26)(H,24,25)/b20-14+. The van der Waals surface area contributed by atoms with Gasteiger partial charge in [-0.25, -0.2) is 0 Å². The van der Waals surface area contributed by atoms with E-state index in [2.05, 4.69) is 10.6 Å². The topological polar surface area (TPSA) is 67.4 Å². The van der Waals surface area contributed by atoms with Crippen LogP contribution in [0.15, 0.2) is 72.4 Å². The van der Waals surface area contributed by atoms with Crippen molar-refractivity contribution in [3.05, 3.63) is 83.6 Å². The van der Waals surface area contributed by atoms with Crippen molar-refractivity contribution in [1.82, 2.24) is 10.6 Å². The number of likely N-dealkylation sites (N-methyl/N-ethyl adjacent to an activating group) is 1. The van der Waals surface area contributed by atoms with E-state index in [0.29, 0.717) is 11.3 Å². The third-order valence-corrected chi connectivity index (χ3v) is 4.20. The summed E-state index contributed by atoms with van der Waals surface area (Å²) in [5, 5.41) is 7.33. The van der Waals surface area contributed by atoms with Gasteiger partial charge in [0.05, 0.1) is 7.11 Å². The molecule has 3 aromatic rings. The average Bonchev–Trinajstić information content (AvgIpc) is 2.72. The SMILES string of the molecule is CNC(=O)/C(=C\c1cccc2ccccc12)NC(=O)c1ccc(OC)cc1. The number of amides is 2. The van der Waals surface area contributed by atoms with Crippen LogP contribution in [0.3, 0.4) is 0 Å². The van der Waals surface area contributed by atoms with Gasteiger partial charge in [-0.05, 0) is 46.7 Å². The van der Waals surface area contributed by atoms with Crippen molar-refractivity contribution >= 4 is 28.7 Å². The van der Waals surface area contributed by atoms with Crippen molar-refractivity contribution in [2.75, 3.05) is 14.2 Å². The summed E-state index contributed by atoms with van der Waals surface area (Å²) in [4.78, 5) is 24.9. The van der Waals surface area contributed by atoms with Crippen molar-refractivity contribution in [1.29, 1.82) is 0 Å². The summed E-state index contributed by atoms with van der Waals surface area (Å²) in [5.41, 5.74) is 1.46. The molecule has 136 valence electrons. The lowest BCUT2D eigenvalue weighted by Crippen LogP contribution is -2.33. The van der Waals surface area contributed by atoms with Gasteiger partial charge in [0.1, 0.15) is 11.4 Å². The molecule has 0 heterocycles. The second-order valence-corrected chi connectivity index (χ2v) is 5.89. The van der Waals surface area contributed by atoms with E-state index in [1.807, 2.05) is 42.5 Å². The van der Waals surface area contributed by atoms with Gasteiger partial charge in [-0.3, -0.25) is 9.59 Å². The van der Waals surface area contributed by atoms with Gasteiger partial charge in [0.2, 0.25) is 0 Å². The average molecular weight is 360 g/mol. The highest BCUT2D eigenvalue weighted by atomic mass is 16.5. The van der Waals surface area contributed by atoms with Crippen molar-refractivity contribution in [3.63, 3.8) is 0 Å². The van der Waals surface area contributed by atoms with E-state index in [4.69, 9.17) is 4.74 Å². The van der Waals surface area contributed by atoms with Crippen LogP contribution in [-0.2, 0) is 4.79 Å². The number of hydrogen-bond donors (Lipinski definition) is 2. The predicted molar refractivity (Wildman–Crippen MR) is 106 cm³/mol. The number of methoxy groups -OCH3 is 1. The molecular formula is C22H20N2O3. The third-order valence-electron chi connectivity index (χ3n) is 4.20. The maximum atomic E-state index is 12.6. The number of carbonyl (C=O) groups excluding carboxylic acids is 2. The van der Waals surface area contributed by atoms with Gasteiger partial charge in [-0.2, -0.15) is 0 Å². The zero-order valence-corrected chi connectivity index (χ0v) is 15.2. The first-order chi connectivity index (χ1) is 13.1. The van der Waals surface area contributed by atoms with Crippen LogP contribution in [0.4, 0.5) is 0 Å². The Balaban J connectivity index is 1.94. The Morgan fingerprint density at radius 3 is 2.33 bits per heavy atom. The number of fused-ring (bicyclic) bond motifs is 1. The van der Waals surface area contributed by atoms with Gasteiger partial charge in [-0.15, -0.1) is 0 Å². The minimum absolute atomic E-state index is 0.176. The molecule has 0 aliphatic rings. The van der Waals surface area contributed by atoms with Crippen LogP contribution in [0.2, 0.25) is 0 Å². The van der Waals surface area contributed by atoms with Gasteiger partial charge in [0.25, 0.3) is 11.8 Å². The summed E-state index contributed by atoms with van der Waals surface area (Å²) in [5.74, 6) is -0.0816. The molecule has 0 bridgehead atoms. The van der Waals surface area contributed by atoms with Crippen LogP contribution in [0, 0.1) is 0 Å². The zero-order valence-electron chi connectivity index (χ0n) is 15.2. The molecule has 3 rings (SSSR count). The molecule has 27 heavy (non-hydrogen) atoms. The van der Waals surface area contributed by atoms with E-state index in [1.54, 1.807) is 37.5 Å². The summed E-state index contributed by atoms with van der Waals surface area (Å²) < 4.78 is 5.10. The highest BCUT2D eigenvalue weighted by Crippen LogP contribution is 2.21. The largest absolute Gasteiger partial charge is 0.497 e. The molecule has 0 radical (unpaired) electrons. The molecule has 5 nitrogen and oxygen atoms in total. The Kier molecular flexibility index (Phi) is 5.52. The lowest BCUT2D eigenvalue weighted by Gasteiger charge is -2.10. The minimum atomic E-state index is -0.371. The molecule has 2 amide bonds. The number of ether oxygens (including phenoxy) is 1. The lowest BCUT2D eigenvalue weighted by atomic mass is 10.0. The number of rotatable bonds is 5. The zero-order chi connectivity index (χ0) is 19.2.